The molecule has 2 aromatic carbocycles. The largest absolute Gasteiger partial charge is 0.494 e. The molecule has 22 heavy (non-hydrogen) atoms. The molecule has 0 N–H and O–H groups in total. The van der Waals surface area contributed by atoms with Gasteiger partial charge in [-0.1, -0.05) is 81.7 Å². The highest BCUT2D eigenvalue weighted by molar-refractivity contribution is 5.84. The first-order valence-electron chi connectivity index (χ1n) is 8.93. The molecule has 120 valence electrons. The van der Waals surface area contributed by atoms with Crippen molar-refractivity contribution in [2.75, 3.05) is 6.61 Å². The van der Waals surface area contributed by atoms with Gasteiger partial charge in [-0.3, -0.25) is 0 Å². The Morgan fingerprint density at radius 2 is 1.36 bits per heavy atom. The lowest BCUT2D eigenvalue weighted by atomic mass is 10.1. The molecule has 0 heterocycles. The normalized spacial score (nSPS) is 11.0. The maximum absolute atomic E-state index is 5.89. The Kier molecular flexibility index (Phi) is 7.28. The summed E-state index contributed by atoms with van der Waals surface area (Å²) in [7, 11) is 0. The van der Waals surface area contributed by atoms with Gasteiger partial charge >= 0.3 is 0 Å². The summed E-state index contributed by atoms with van der Waals surface area (Å²) in [5.41, 5.74) is 1.31. The molecule has 0 amide bonds. The van der Waals surface area contributed by atoms with Crippen LogP contribution in [0.5, 0.6) is 5.75 Å². The van der Waals surface area contributed by atoms with Crippen molar-refractivity contribution >= 4 is 10.8 Å². The molecule has 1 nitrogen and oxygen atoms in total. The quantitative estimate of drug-likeness (QED) is 0.445. The number of benzene rings is 2. The van der Waals surface area contributed by atoms with Gasteiger partial charge in [0, 0.05) is 0 Å². The first kappa shape index (κ1) is 16.9. The minimum atomic E-state index is 0.840. The van der Waals surface area contributed by atoms with Crippen LogP contribution in [-0.2, 0) is 0 Å². The third-order valence-electron chi connectivity index (χ3n) is 4.23. The van der Waals surface area contributed by atoms with E-state index in [4.69, 9.17) is 4.74 Å². The van der Waals surface area contributed by atoms with E-state index in [0.29, 0.717) is 0 Å². The Labute approximate surface area is 135 Å². The van der Waals surface area contributed by atoms with Gasteiger partial charge in [0.1, 0.15) is 5.75 Å². The Morgan fingerprint density at radius 3 is 2.14 bits per heavy atom. The number of rotatable bonds is 10. The maximum Gasteiger partial charge on any atom is 0.119 e. The van der Waals surface area contributed by atoms with E-state index in [1.807, 2.05) is 0 Å². The molecule has 0 saturated carbocycles. The zero-order chi connectivity index (χ0) is 15.6. The van der Waals surface area contributed by atoms with Crippen LogP contribution in [0.4, 0.5) is 0 Å². The molecule has 0 saturated heterocycles. The second-order valence-corrected chi connectivity index (χ2v) is 6.34. The second-order valence-electron chi connectivity index (χ2n) is 6.34. The standard InChI is InChI=1S/C21H30O/c1-3-4-5-6-7-8-9-10-15-22-21-14-13-19-16-18(2)11-12-20(19)17-21/h11-14,16-17H,3-10,15H2,1-2H3. The highest BCUT2D eigenvalue weighted by Crippen LogP contribution is 2.22. The summed E-state index contributed by atoms with van der Waals surface area (Å²) in [6.45, 7) is 5.24. The Morgan fingerprint density at radius 1 is 0.727 bits per heavy atom. The van der Waals surface area contributed by atoms with Crippen LogP contribution >= 0.6 is 0 Å². The fourth-order valence-electron chi connectivity index (χ4n) is 2.86. The molecule has 2 rings (SSSR count). The summed E-state index contributed by atoms with van der Waals surface area (Å²) in [5.74, 6) is 0.999. The molecular formula is C21H30O. The van der Waals surface area contributed by atoms with E-state index < -0.39 is 0 Å². The van der Waals surface area contributed by atoms with E-state index in [-0.39, 0.29) is 0 Å². The Balaban J connectivity index is 1.64. The van der Waals surface area contributed by atoms with E-state index in [2.05, 4.69) is 50.2 Å². The molecule has 0 spiro atoms. The molecule has 2 aromatic rings. The van der Waals surface area contributed by atoms with Gasteiger partial charge in [-0.05, 0) is 36.2 Å². The van der Waals surface area contributed by atoms with E-state index in [1.54, 1.807) is 0 Å². The number of ether oxygens (including phenoxy) is 1. The molecule has 0 fully saturated rings. The van der Waals surface area contributed by atoms with Gasteiger partial charge < -0.3 is 4.74 Å². The molecule has 0 aliphatic rings. The van der Waals surface area contributed by atoms with Crippen LogP contribution in [0, 0.1) is 6.92 Å². The molecular weight excluding hydrogens is 268 g/mol. The van der Waals surface area contributed by atoms with Gasteiger partial charge in [0.2, 0.25) is 0 Å². The van der Waals surface area contributed by atoms with Gasteiger partial charge in [-0.15, -0.1) is 0 Å². The van der Waals surface area contributed by atoms with Crippen LogP contribution in [0.25, 0.3) is 10.8 Å². The lowest BCUT2D eigenvalue weighted by Gasteiger charge is -2.08. The third-order valence-corrected chi connectivity index (χ3v) is 4.23. The highest BCUT2D eigenvalue weighted by atomic mass is 16.5. The summed E-state index contributed by atoms with van der Waals surface area (Å²) < 4.78 is 5.89. The van der Waals surface area contributed by atoms with Crippen molar-refractivity contribution in [1.29, 1.82) is 0 Å². The molecule has 0 atom stereocenters. The summed E-state index contributed by atoms with van der Waals surface area (Å²) in [4.78, 5) is 0. The van der Waals surface area contributed by atoms with Crippen molar-refractivity contribution < 1.29 is 4.74 Å². The highest BCUT2D eigenvalue weighted by Gasteiger charge is 1.98. The molecule has 0 bridgehead atoms. The Bertz CT molecular complexity index is 559. The van der Waals surface area contributed by atoms with Crippen LogP contribution in [0.3, 0.4) is 0 Å². The van der Waals surface area contributed by atoms with Crippen LogP contribution in [0.2, 0.25) is 0 Å². The van der Waals surface area contributed by atoms with E-state index >= 15 is 0 Å². The smallest absolute Gasteiger partial charge is 0.119 e. The van der Waals surface area contributed by atoms with Crippen molar-refractivity contribution in [3.8, 4) is 5.75 Å². The number of hydrogen-bond acceptors (Lipinski definition) is 1. The zero-order valence-electron chi connectivity index (χ0n) is 14.2. The van der Waals surface area contributed by atoms with Crippen LogP contribution in [0.1, 0.15) is 63.9 Å². The maximum atomic E-state index is 5.89. The van der Waals surface area contributed by atoms with E-state index in [0.717, 1.165) is 12.4 Å². The van der Waals surface area contributed by atoms with Gasteiger partial charge in [0.25, 0.3) is 0 Å². The number of aryl methyl sites for hydroxylation is 1. The predicted octanol–water partition coefficient (Wildman–Crippen LogP) is 6.67. The molecule has 0 aliphatic heterocycles. The lowest BCUT2D eigenvalue weighted by Crippen LogP contribution is -1.97. The monoisotopic (exact) mass is 298 g/mol. The van der Waals surface area contributed by atoms with Crippen LogP contribution < -0.4 is 4.74 Å². The summed E-state index contributed by atoms with van der Waals surface area (Å²) in [6, 6.07) is 13.0. The summed E-state index contributed by atoms with van der Waals surface area (Å²) >= 11 is 0. The number of hydrogen-bond donors (Lipinski definition) is 0. The van der Waals surface area contributed by atoms with Crippen LogP contribution in [0.15, 0.2) is 36.4 Å². The van der Waals surface area contributed by atoms with Crippen molar-refractivity contribution in [2.24, 2.45) is 0 Å². The predicted molar refractivity (Wildman–Crippen MR) is 96.8 cm³/mol. The fourth-order valence-corrected chi connectivity index (χ4v) is 2.86. The second kappa shape index (κ2) is 9.50. The Hall–Kier alpha value is -1.50. The molecule has 1 heteroatoms. The molecule has 0 aromatic heterocycles. The van der Waals surface area contributed by atoms with Gasteiger partial charge in [-0.2, -0.15) is 0 Å². The van der Waals surface area contributed by atoms with Crippen molar-refractivity contribution in [3.05, 3.63) is 42.0 Å². The number of unbranched alkanes of at least 4 members (excludes halogenated alkanes) is 7. The van der Waals surface area contributed by atoms with E-state index in [1.165, 1.54) is 67.7 Å². The van der Waals surface area contributed by atoms with Gasteiger partial charge in [0.05, 0.1) is 6.61 Å². The topological polar surface area (TPSA) is 9.23 Å². The molecule has 0 aliphatic carbocycles. The van der Waals surface area contributed by atoms with E-state index in [9.17, 15) is 0 Å². The average molecular weight is 298 g/mol. The first-order valence-corrected chi connectivity index (χ1v) is 8.93. The molecule has 0 radical (unpaired) electrons. The zero-order valence-corrected chi connectivity index (χ0v) is 14.2. The number of fused-ring (bicyclic) bond motifs is 1. The first-order chi connectivity index (χ1) is 10.8. The average Bonchev–Trinajstić information content (AvgIpc) is 2.53. The summed E-state index contributed by atoms with van der Waals surface area (Å²) in [5, 5.41) is 2.55. The third kappa shape index (κ3) is 5.71. The van der Waals surface area contributed by atoms with Gasteiger partial charge in [-0.25, -0.2) is 0 Å². The SMILES string of the molecule is CCCCCCCCCCOc1ccc2cc(C)ccc2c1. The minimum absolute atomic E-state index is 0.840. The van der Waals surface area contributed by atoms with Crippen molar-refractivity contribution in [3.63, 3.8) is 0 Å². The molecule has 0 unspecified atom stereocenters. The lowest BCUT2D eigenvalue weighted by molar-refractivity contribution is 0.304. The summed E-state index contributed by atoms with van der Waals surface area (Å²) in [6.07, 6.45) is 10.7. The van der Waals surface area contributed by atoms with Crippen molar-refractivity contribution in [2.45, 2.75) is 65.2 Å². The van der Waals surface area contributed by atoms with Crippen LogP contribution in [-0.4, -0.2) is 6.61 Å². The minimum Gasteiger partial charge on any atom is -0.494 e. The van der Waals surface area contributed by atoms with Gasteiger partial charge in [0.15, 0.2) is 0 Å². The fraction of sp³-hybridized carbons (Fsp3) is 0.524. The van der Waals surface area contributed by atoms with Crippen molar-refractivity contribution in [1.82, 2.24) is 0 Å².